The zero-order chi connectivity index (χ0) is 14.3. The van der Waals surface area contributed by atoms with E-state index >= 15 is 0 Å². The number of nitrogens with zero attached hydrogens (tertiary/aromatic N) is 1. The number of Topliss-reactive ketones (excluding diaryl/α,β-unsaturated/α-hetero) is 1. The second-order valence-corrected chi connectivity index (χ2v) is 5.23. The van der Waals surface area contributed by atoms with Crippen molar-refractivity contribution in [2.24, 2.45) is 0 Å². The third-order valence-corrected chi connectivity index (χ3v) is 3.73. The molecule has 0 saturated carbocycles. The standard InChI is InChI=1S/C15H11ClFNO2/c16-10-3-1-9(2-4-10)8-18-13-6-5-11(17)7-12(13)14(19)15(18)20/h1-4,7H,5-6,8H2. The van der Waals surface area contributed by atoms with Gasteiger partial charge in [0.25, 0.3) is 11.7 Å². The second kappa shape index (κ2) is 4.87. The summed E-state index contributed by atoms with van der Waals surface area (Å²) in [6.45, 7) is 0.302. The molecule has 0 fully saturated rings. The Kier molecular flexibility index (Phi) is 3.18. The molecule has 1 amide bonds. The summed E-state index contributed by atoms with van der Waals surface area (Å²) < 4.78 is 13.3. The molecule has 0 unspecified atom stereocenters. The number of hydrogen-bond acceptors (Lipinski definition) is 2. The summed E-state index contributed by atoms with van der Waals surface area (Å²) in [5, 5.41) is 0.611. The fourth-order valence-corrected chi connectivity index (χ4v) is 2.59. The summed E-state index contributed by atoms with van der Waals surface area (Å²) in [5.74, 6) is -1.56. The molecule has 0 saturated heterocycles. The Hall–Kier alpha value is -1.94. The van der Waals surface area contributed by atoms with Gasteiger partial charge < -0.3 is 4.90 Å². The summed E-state index contributed by atoms with van der Waals surface area (Å²) in [5.41, 5.74) is 1.70. The van der Waals surface area contributed by atoms with Gasteiger partial charge in [0, 0.05) is 22.7 Å². The first kappa shape index (κ1) is 13.1. The number of rotatable bonds is 2. The molecule has 0 spiro atoms. The number of benzene rings is 1. The maximum absolute atomic E-state index is 13.3. The largest absolute Gasteiger partial charge is 0.304 e. The minimum absolute atomic E-state index is 0.202. The summed E-state index contributed by atoms with van der Waals surface area (Å²) >= 11 is 5.81. The van der Waals surface area contributed by atoms with Gasteiger partial charge in [-0.2, -0.15) is 0 Å². The predicted molar refractivity (Wildman–Crippen MR) is 72.5 cm³/mol. The van der Waals surface area contributed by atoms with Gasteiger partial charge in [-0.3, -0.25) is 9.59 Å². The normalized spacial score (nSPS) is 18.5. The van der Waals surface area contributed by atoms with Crippen LogP contribution in [-0.2, 0) is 16.1 Å². The van der Waals surface area contributed by atoms with Crippen LogP contribution in [0.1, 0.15) is 18.4 Å². The first-order valence-electron chi connectivity index (χ1n) is 6.26. The molecular formula is C15H11ClFNO2. The van der Waals surface area contributed by atoms with Crippen molar-refractivity contribution in [1.29, 1.82) is 0 Å². The fraction of sp³-hybridized carbons (Fsp3) is 0.200. The molecule has 3 rings (SSSR count). The molecule has 1 aliphatic heterocycles. The molecule has 20 heavy (non-hydrogen) atoms. The molecule has 1 heterocycles. The Morgan fingerprint density at radius 2 is 1.85 bits per heavy atom. The lowest BCUT2D eigenvalue weighted by molar-refractivity contribution is -0.139. The Morgan fingerprint density at radius 3 is 2.55 bits per heavy atom. The van der Waals surface area contributed by atoms with Crippen molar-refractivity contribution >= 4 is 23.3 Å². The molecule has 5 heteroatoms. The van der Waals surface area contributed by atoms with Gasteiger partial charge in [0.2, 0.25) is 0 Å². The number of halogens is 2. The Balaban J connectivity index is 1.91. The highest BCUT2D eigenvalue weighted by Crippen LogP contribution is 2.34. The van der Waals surface area contributed by atoms with Crippen molar-refractivity contribution in [1.82, 2.24) is 4.90 Å². The minimum Gasteiger partial charge on any atom is -0.304 e. The van der Waals surface area contributed by atoms with Gasteiger partial charge >= 0.3 is 0 Å². The van der Waals surface area contributed by atoms with Gasteiger partial charge in [-0.1, -0.05) is 23.7 Å². The zero-order valence-electron chi connectivity index (χ0n) is 10.5. The van der Waals surface area contributed by atoms with Crippen molar-refractivity contribution in [3.63, 3.8) is 0 Å². The molecule has 3 nitrogen and oxygen atoms in total. The molecule has 0 N–H and O–H groups in total. The molecule has 0 bridgehead atoms. The van der Waals surface area contributed by atoms with E-state index in [1.165, 1.54) is 11.0 Å². The summed E-state index contributed by atoms with van der Waals surface area (Å²) in [6, 6.07) is 7.07. The SMILES string of the molecule is O=C1C(=O)N(Cc2ccc(Cl)cc2)C2=C1C=C(F)CC2. The van der Waals surface area contributed by atoms with Crippen LogP contribution in [0.3, 0.4) is 0 Å². The monoisotopic (exact) mass is 291 g/mol. The lowest BCUT2D eigenvalue weighted by Gasteiger charge is -2.21. The predicted octanol–water partition coefficient (Wildman–Crippen LogP) is 3.15. The van der Waals surface area contributed by atoms with Crippen molar-refractivity contribution < 1.29 is 14.0 Å². The highest BCUT2D eigenvalue weighted by molar-refractivity contribution is 6.46. The second-order valence-electron chi connectivity index (χ2n) is 4.80. The highest BCUT2D eigenvalue weighted by Gasteiger charge is 2.38. The number of allylic oxidation sites excluding steroid dienone is 3. The summed E-state index contributed by atoms with van der Waals surface area (Å²) in [7, 11) is 0. The zero-order valence-corrected chi connectivity index (χ0v) is 11.3. The Bertz CT molecular complexity index is 661. The van der Waals surface area contributed by atoms with Crippen molar-refractivity contribution in [2.75, 3.05) is 0 Å². The number of ketones is 1. The van der Waals surface area contributed by atoms with E-state index in [4.69, 9.17) is 11.6 Å². The Morgan fingerprint density at radius 1 is 1.15 bits per heavy atom. The summed E-state index contributed by atoms with van der Waals surface area (Å²) in [6.07, 6.45) is 1.79. The van der Waals surface area contributed by atoms with Gasteiger partial charge in [0.05, 0.1) is 6.54 Å². The van der Waals surface area contributed by atoms with Crippen molar-refractivity contribution in [3.8, 4) is 0 Å². The van der Waals surface area contributed by atoms with Crippen LogP contribution in [0.2, 0.25) is 5.02 Å². The maximum Gasteiger partial charge on any atom is 0.299 e. The molecule has 0 atom stereocenters. The van der Waals surface area contributed by atoms with E-state index in [9.17, 15) is 14.0 Å². The minimum atomic E-state index is -0.621. The van der Waals surface area contributed by atoms with E-state index in [2.05, 4.69) is 0 Å². The van der Waals surface area contributed by atoms with Gasteiger partial charge in [-0.25, -0.2) is 4.39 Å². The third kappa shape index (κ3) is 2.16. The van der Waals surface area contributed by atoms with E-state index in [1.54, 1.807) is 24.3 Å². The average Bonchev–Trinajstić information content (AvgIpc) is 2.66. The van der Waals surface area contributed by atoms with Crippen LogP contribution in [0.25, 0.3) is 0 Å². The number of carbonyl (C=O) groups excluding carboxylic acids is 2. The van der Waals surface area contributed by atoms with Crippen LogP contribution in [0.5, 0.6) is 0 Å². The highest BCUT2D eigenvalue weighted by atomic mass is 35.5. The van der Waals surface area contributed by atoms with E-state index in [0.717, 1.165) is 5.56 Å². The smallest absolute Gasteiger partial charge is 0.299 e. The van der Waals surface area contributed by atoms with Gasteiger partial charge in [-0.05, 0) is 30.2 Å². The van der Waals surface area contributed by atoms with Gasteiger partial charge in [0.15, 0.2) is 0 Å². The third-order valence-electron chi connectivity index (χ3n) is 3.48. The number of carbonyl (C=O) groups is 2. The molecule has 1 aromatic rings. The topological polar surface area (TPSA) is 37.4 Å². The van der Waals surface area contributed by atoms with Crippen LogP contribution in [0, 0.1) is 0 Å². The first-order chi connectivity index (χ1) is 9.56. The molecule has 102 valence electrons. The van der Waals surface area contributed by atoms with Crippen molar-refractivity contribution in [3.05, 3.63) is 58.0 Å². The van der Waals surface area contributed by atoms with E-state index in [0.29, 0.717) is 23.7 Å². The Labute approximate surface area is 120 Å². The fourth-order valence-electron chi connectivity index (χ4n) is 2.46. The van der Waals surface area contributed by atoms with Crippen LogP contribution in [0.15, 0.2) is 47.4 Å². The number of hydrogen-bond donors (Lipinski definition) is 0. The van der Waals surface area contributed by atoms with Gasteiger partial charge in [0.1, 0.15) is 5.83 Å². The van der Waals surface area contributed by atoms with Crippen LogP contribution in [0.4, 0.5) is 4.39 Å². The molecule has 2 aliphatic rings. The van der Waals surface area contributed by atoms with E-state index in [-0.39, 0.29) is 17.8 Å². The average molecular weight is 292 g/mol. The van der Waals surface area contributed by atoms with E-state index in [1.807, 2.05) is 0 Å². The lowest BCUT2D eigenvalue weighted by Crippen LogP contribution is -2.28. The molecule has 0 radical (unpaired) electrons. The van der Waals surface area contributed by atoms with E-state index < -0.39 is 11.7 Å². The molecule has 1 aliphatic carbocycles. The quantitative estimate of drug-likeness (QED) is 0.785. The molecular weight excluding hydrogens is 281 g/mol. The molecule has 0 aromatic heterocycles. The lowest BCUT2D eigenvalue weighted by atomic mass is 10.0. The number of amides is 1. The maximum atomic E-state index is 13.3. The van der Waals surface area contributed by atoms with Crippen LogP contribution in [-0.4, -0.2) is 16.6 Å². The summed E-state index contributed by atoms with van der Waals surface area (Å²) in [4.78, 5) is 25.3. The van der Waals surface area contributed by atoms with Crippen LogP contribution < -0.4 is 0 Å². The van der Waals surface area contributed by atoms with Crippen molar-refractivity contribution in [2.45, 2.75) is 19.4 Å². The first-order valence-corrected chi connectivity index (χ1v) is 6.64. The van der Waals surface area contributed by atoms with Gasteiger partial charge in [-0.15, -0.1) is 0 Å². The molecule has 1 aromatic carbocycles. The van der Waals surface area contributed by atoms with Crippen LogP contribution >= 0.6 is 11.6 Å².